The number of amides is 3. The van der Waals surface area contributed by atoms with E-state index in [2.05, 4.69) is 20.4 Å². The molecule has 0 saturated carbocycles. The van der Waals surface area contributed by atoms with Gasteiger partial charge in [0.25, 0.3) is 0 Å². The highest BCUT2D eigenvalue weighted by molar-refractivity contribution is 7.13. The van der Waals surface area contributed by atoms with Crippen LogP contribution in [0.3, 0.4) is 0 Å². The minimum atomic E-state index is -0.939. The van der Waals surface area contributed by atoms with E-state index >= 15 is 0 Å². The van der Waals surface area contributed by atoms with Crippen LogP contribution in [-0.2, 0) is 30.4 Å². The summed E-state index contributed by atoms with van der Waals surface area (Å²) in [7, 11) is 1.33. The molecule has 12 nitrogen and oxygen atoms in total. The number of benzene rings is 2. The SMILES string of the molecule is COC(=O)c1ccc(OCCCCOCC(=O)NC(C(=O)N2C[C@H](O)C[C@H]2C(=O)NCc2ccc(-c3scnc3C)cc2)C(C)(C)C)cc1. The van der Waals surface area contributed by atoms with Crippen LogP contribution in [0.1, 0.15) is 61.6 Å². The molecule has 1 saturated heterocycles. The summed E-state index contributed by atoms with van der Waals surface area (Å²) in [5, 5.41) is 16.2. The summed E-state index contributed by atoms with van der Waals surface area (Å²) in [6, 6.07) is 12.7. The minimum absolute atomic E-state index is 0.00371. The van der Waals surface area contributed by atoms with Gasteiger partial charge in [-0.1, -0.05) is 45.0 Å². The van der Waals surface area contributed by atoms with E-state index in [1.54, 1.807) is 35.6 Å². The predicted molar refractivity (Wildman–Crippen MR) is 185 cm³/mol. The first-order valence-electron chi connectivity index (χ1n) is 16.3. The van der Waals surface area contributed by atoms with Crippen molar-refractivity contribution in [1.29, 1.82) is 0 Å². The lowest BCUT2D eigenvalue weighted by Gasteiger charge is -2.35. The average molecular weight is 695 g/mol. The molecule has 264 valence electrons. The number of methoxy groups -OCH3 is 1. The van der Waals surface area contributed by atoms with Crippen molar-refractivity contribution in [2.45, 2.75) is 71.7 Å². The molecular weight excluding hydrogens is 648 g/mol. The number of β-amino-alcohol motifs (C(OH)–C–C–N with tert-alkyl or cyclic N) is 1. The number of carbonyl (C=O) groups is 4. The van der Waals surface area contributed by atoms with Crippen LogP contribution >= 0.6 is 11.3 Å². The zero-order valence-corrected chi connectivity index (χ0v) is 29.5. The van der Waals surface area contributed by atoms with E-state index in [1.165, 1.54) is 12.0 Å². The Morgan fingerprint density at radius 1 is 1.04 bits per heavy atom. The molecule has 1 unspecified atom stereocenters. The highest BCUT2D eigenvalue weighted by atomic mass is 32.1. The molecule has 0 bridgehead atoms. The zero-order valence-electron chi connectivity index (χ0n) is 28.7. The Balaban J connectivity index is 1.22. The van der Waals surface area contributed by atoms with E-state index in [0.717, 1.165) is 21.7 Å². The fourth-order valence-corrected chi connectivity index (χ4v) is 6.26. The number of hydrogen-bond donors (Lipinski definition) is 3. The number of unbranched alkanes of at least 4 members (excludes halogenated alkanes) is 1. The molecule has 2 aromatic carbocycles. The molecule has 1 aromatic heterocycles. The Morgan fingerprint density at radius 2 is 1.73 bits per heavy atom. The molecular formula is C36H46N4O8S. The number of carbonyl (C=O) groups excluding carboxylic acids is 4. The molecule has 2 heterocycles. The number of esters is 1. The highest BCUT2D eigenvalue weighted by Gasteiger charge is 2.44. The quantitative estimate of drug-likeness (QED) is 0.159. The second-order valence-corrected chi connectivity index (χ2v) is 13.9. The van der Waals surface area contributed by atoms with Gasteiger partial charge in [0, 0.05) is 26.1 Å². The lowest BCUT2D eigenvalue weighted by atomic mass is 9.85. The Labute approximate surface area is 291 Å². The number of likely N-dealkylation sites (tertiary alicyclic amines) is 1. The molecule has 49 heavy (non-hydrogen) atoms. The Bertz CT molecular complexity index is 1570. The van der Waals surface area contributed by atoms with E-state index in [4.69, 9.17) is 9.47 Å². The number of thiazole rings is 1. The monoisotopic (exact) mass is 694 g/mol. The van der Waals surface area contributed by atoms with Crippen LogP contribution in [0, 0.1) is 12.3 Å². The zero-order chi connectivity index (χ0) is 35.6. The van der Waals surface area contributed by atoms with E-state index < -0.39 is 41.4 Å². The Morgan fingerprint density at radius 3 is 2.37 bits per heavy atom. The van der Waals surface area contributed by atoms with Gasteiger partial charge in [0.05, 0.1) is 41.5 Å². The molecule has 3 atom stereocenters. The van der Waals surface area contributed by atoms with Gasteiger partial charge in [0.1, 0.15) is 24.4 Å². The van der Waals surface area contributed by atoms with Crippen molar-refractivity contribution in [3.63, 3.8) is 0 Å². The van der Waals surface area contributed by atoms with Gasteiger partial charge in [-0.2, -0.15) is 0 Å². The third-order valence-electron chi connectivity index (χ3n) is 8.17. The summed E-state index contributed by atoms with van der Waals surface area (Å²) in [4.78, 5) is 58.3. The van der Waals surface area contributed by atoms with Gasteiger partial charge in [0.15, 0.2) is 0 Å². The number of rotatable bonds is 15. The number of hydrogen-bond acceptors (Lipinski definition) is 10. The van der Waals surface area contributed by atoms with Crippen LogP contribution in [0.15, 0.2) is 54.0 Å². The highest BCUT2D eigenvalue weighted by Crippen LogP contribution is 2.28. The third-order valence-corrected chi connectivity index (χ3v) is 9.15. The second kappa shape index (κ2) is 17.4. The molecule has 1 fully saturated rings. The second-order valence-electron chi connectivity index (χ2n) is 13.1. The first-order valence-corrected chi connectivity index (χ1v) is 17.2. The van der Waals surface area contributed by atoms with Crippen LogP contribution in [-0.4, -0.2) is 90.3 Å². The maximum Gasteiger partial charge on any atom is 0.337 e. The Kier molecular flexibility index (Phi) is 13.3. The van der Waals surface area contributed by atoms with Crippen molar-refractivity contribution in [3.05, 3.63) is 70.9 Å². The third kappa shape index (κ3) is 10.6. The predicted octanol–water partition coefficient (Wildman–Crippen LogP) is 3.89. The molecule has 13 heteroatoms. The van der Waals surface area contributed by atoms with Gasteiger partial charge >= 0.3 is 5.97 Å². The Hall–Kier alpha value is -4.33. The van der Waals surface area contributed by atoms with Crippen molar-refractivity contribution in [1.82, 2.24) is 20.5 Å². The summed E-state index contributed by atoms with van der Waals surface area (Å²) >= 11 is 1.57. The molecule has 0 radical (unpaired) electrons. The van der Waals surface area contributed by atoms with E-state index in [1.807, 2.05) is 57.5 Å². The van der Waals surface area contributed by atoms with Crippen LogP contribution < -0.4 is 15.4 Å². The first-order chi connectivity index (χ1) is 23.4. The van der Waals surface area contributed by atoms with Crippen LogP contribution in [0.5, 0.6) is 5.75 Å². The summed E-state index contributed by atoms with van der Waals surface area (Å²) < 4.78 is 15.9. The van der Waals surface area contributed by atoms with Crippen molar-refractivity contribution >= 4 is 35.0 Å². The lowest BCUT2D eigenvalue weighted by molar-refractivity contribution is -0.144. The van der Waals surface area contributed by atoms with Crippen LogP contribution in [0.25, 0.3) is 10.4 Å². The topological polar surface area (TPSA) is 156 Å². The van der Waals surface area contributed by atoms with Crippen molar-refractivity contribution in [2.75, 3.05) is 33.5 Å². The van der Waals surface area contributed by atoms with E-state index in [9.17, 15) is 24.3 Å². The molecule has 4 rings (SSSR count). The smallest absolute Gasteiger partial charge is 0.337 e. The molecule has 0 aliphatic carbocycles. The summed E-state index contributed by atoms with van der Waals surface area (Å²) in [6.45, 7) is 8.24. The minimum Gasteiger partial charge on any atom is -0.494 e. The summed E-state index contributed by atoms with van der Waals surface area (Å²) in [5.41, 5.74) is 4.50. The standard InChI is InChI=1S/C36H46N4O8S/c1-23-31(49-22-38-23)25-10-8-24(9-11-25)19-37-33(43)29-18-27(41)20-40(29)34(44)32(36(2,3)4)39-30(42)21-47-16-6-7-17-48-28-14-12-26(13-15-28)35(45)46-5/h8-15,22,27,29,32,41H,6-7,16-21H2,1-5H3,(H,37,43)(H,39,42)/t27-,29+,32?/m1/s1. The van der Waals surface area contributed by atoms with Crippen molar-refractivity contribution < 1.29 is 38.5 Å². The number of aromatic nitrogens is 1. The first kappa shape index (κ1) is 37.5. The van der Waals surface area contributed by atoms with Gasteiger partial charge in [-0.25, -0.2) is 9.78 Å². The van der Waals surface area contributed by atoms with Gasteiger partial charge < -0.3 is 34.9 Å². The summed E-state index contributed by atoms with van der Waals surface area (Å²) in [6.07, 6.45) is 0.581. The normalized spacial score (nSPS) is 16.6. The largest absolute Gasteiger partial charge is 0.494 e. The van der Waals surface area contributed by atoms with Gasteiger partial charge in [-0.05, 0) is 60.6 Å². The van der Waals surface area contributed by atoms with Crippen molar-refractivity contribution in [3.8, 4) is 16.2 Å². The lowest BCUT2D eigenvalue weighted by Crippen LogP contribution is -2.58. The van der Waals surface area contributed by atoms with Crippen LogP contribution in [0.2, 0.25) is 0 Å². The molecule has 1 aliphatic rings. The molecule has 0 spiro atoms. The number of ether oxygens (including phenoxy) is 3. The van der Waals surface area contributed by atoms with Crippen LogP contribution in [0.4, 0.5) is 0 Å². The molecule has 1 aliphatic heterocycles. The number of nitrogens with one attached hydrogen (secondary N) is 2. The number of aliphatic hydroxyl groups is 1. The van der Waals surface area contributed by atoms with E-state index in [0.29, 0.717) is 37.4 Å². The number of nitrogens with zero attached hydrogens (tertiary/aromatic N) is 2. The molecule has 3 aromatic rings. The van der Waals surface area contributed by atoms with E-state index in [-0.39, 0.29) is 32.0 Å². The molecule has 3 N–H and O–H groups in total. The fourth-order valence-electron chi connectivity index (χ4n) is 5.45. The summed E-state index contributed by atoms with van der Waals surface area (Å²) in [5.74, 6) is -1.03. The maximum absolute atomic E-state index is 13.8. The fraction of sp³-hybridized carbons (Fsp3) is 0.472. The number of aliphatic hydroxyl groups excluding tert-OH is 1. The average Bonchev–Trinajstić information content (AvgIpc) is 3.70. The molecule has 3 amide bonds. The number of aryl methyl sites for hydroxylation is 1. The van der Waals surface area contributed by atoms with Crippen molar-refractivity contribution in [2.24, 2.45) is 5.41 Å². The van der Waals surface area contributed by atoms with Gasteiger partial charge in [0.2, 0.25) is 17.7 Å². The maximum atomic E-state index is 13.8. The van der Waals surface area contributed by atoms with Gasteiger partial charge in [-0.3, -0.25) is 14.4 Å². The van der Waals surface area contributed by atoms with Gasteiger partial charge in [-0.15, -0.1) is 11.3 Å².